The topological polar surface area (TPSA) is 3.24 Å². The summed E-state index contributed by atoms with van der Waals surface area (Å²) in [5.41, 5.74) is 20.8. The van der Waals surface area contributed by atoms with E-state index in [-0.39, 0.29) is 0 Å². The molecule has 2 aliphatic carbocycles. The van der Waals surface area contributed by atoms with Gasteiger partial charge in [0, 0.05) is 16.9 Å². The molecule has 12 rings (SSSR count). The fourth-order valence-corrected chi connectivity index (χ4v) is 10.2. The Morgan fingerprint density at radius 3 is 1.28 bits per heavy atom. The Balaban J connectivity index is 1.03. The lowest BCUT2D eigenvalue weighted by Gasteiger charge is -2.32. The van der Waals surface area contributed by atoms with Crippen LogP contribution >= 0.6 is 0 Å². The van der Waals surface area contributed by atoms with Gasteiger partial charge in [0.1, 0.15) is 0 Å². The third kappa shape index (κ3) is 5.19. The second kappa shape index (κ2) is 13.7. The Morgan fingerprint density at radius 1 is 0.267 bits per heavy atom. The quantitative estimate of drug-likeness (QED) is 0.163. The second-order valence-corrected chi connectivity index (χ2v) is 16.0. The molecule has 0 amide bonds. The van der Waals surface area contributed by atoms with E-state index in [1.54, 1.807) is 0 Å². The van der Waals surface area contributed by atoms with Gasteiger partial charge in [-0.05, 0) is 119 Å². The van der Waals surface area contributed by atoms with Gasteiger partial charge in [-0.3, -0.25) is 0 Å². The van der Waals surface area contributed by atoms with Gasteiger partial charge in [-0.25, -0.2) is 0 Å². The normalized spacial score (nSPS) is 12.8. The minimum absolute atomic E-state index is 0.420. The van der Waals surface area contributed by atoms with Crippen LogP contribution in [0, 0.1) is 0 Å². The summed E-state index contributed by atoms with van der Waals surface area (Å²) in [6.07, 6.45) is 0. The highest BCUT2D eigenvalue weighted by atomic mass is 15.1. The molecule has 0 saturated heterocycles. The third-order valence-electron chi connectivity index (χ3n) is 12.9. The summed E-state index contributed by atoms with van der Waals surface area (Å²) < 4.78 is 0. The minimum atomic E-state index is -0.420. The first-order valence-corrected chi connectivity index (χ1v) is 20.8. The van der Waals surface area contributed by atoms with Crippen molar-refractivity contribution in [1.29, 1.82) is 0 Å². The number of nitrogens with zero attached hydrogens (tertiary/aromatic N) is 1. The molecular formula is C59H39N. The van der Waals surface area contributed by atoms with Crippen molar-refractivity contribution in [3.8, 4) is 55.6 Å². The SMILES string of the molecule is c1ccc(-c2ccc(-c3ccc(N(c4ccc(-c5ccc6ccccc6c5)cc4)c4cccc5c4-c4ccccc4C54c5ccccc5-c5ccccc54)cc3)cc2)cc1. The van der Waals surface area contributed by atoms with E-state index in [1.165, 1.54) is 88.7 Å². The van der Waals surface area contributed by atoms with Crippen molar-refractivity contribution in [2.45, 2.75) is 5.41 Å². The maximum atomic E-state index is 2.47. The smallest absolute Gasteiger partial charge is 0.0726 e. The van der Waals surface area contributed by atoms with E-state index in [1.807, 2.05) is 0 Å². The van der Waals surface area contributed by atoms with Gasteiger partial charge >= 0.3 is 0 Å². The second-order valence-electron chi connectivity index (χ2n) is 16.0. The van der Waals surface area contributed by atoms with E-state index < -0.39 is 5.41 Å². The molecule has 0 aromatic heterocycles. The van der Waals surface area contributed by atoms with Gasteiger partial charge in [0.05, 0.1) is 11.1 Å². The van der Waals surface area contributed by atoms with Crippen LogP contribution in [-0.4, -0.2) is 0 Å². The average molecular weight is 762 g/mol. The van der Waals surface area contributed by atoms with Crippen LogP contribution < -0.4 is 4.90 Å². The first kappa shape index (κ1) is 34.3. The lowest BCUT2D eigenvalue weighted by Crippen LogP contribution is -2.26. The standard InChI is InChI=1S/C59H39N/c1-2-13-40(14-3-1)42-25-27-43(28-26-42)44-31-35-48(36-32-44)60(49-37-33-45(34-38-49)47-30-29-41-15-4-5-16-46(41)39-47)57-24-12-23-56-58(57)52-19-8-11-22-55(52)59(56)53-20-9-6-17-50(53)51-18-7-10-21-54(51)59/h1-39H. The van der Waals surface area contributed by atoms with Gasteiger partial charge in [-0.15, -0.1) is 0 Å². The van der Waals surface area contributed by atoms with Gasteiger partial charge in [0.2, 0.25) is 0 Å². The van der Waals surface area contributed by atoms with Crippen LogP contribution in [0.5, 0.6) is 0 Å². The molecule has 0 atom stereocenters. The molecule has 10 aromatic carbocycles. The molecular weight excluding hydrogens is 723 g/mol. The summed E-state index contributed by atoms with van der Waals surface area (Å²) in [5, 5.41) is 2.50. The van der Waals surface area contributed by atoms with E-state index in [0.29, 0.717) is 0 Å². The van der Waals surface area contributed by atoms with Crippen LogP contribution in [0.15, 0.2) is 237 Å². The minimum Gasteiger partial charge on any atom is -0.310 e. The molecule has 60 heavy (non-hydrogen) atoms. The van der Waals surface area contributed by atoms with Crippen LogP contribution in [0.4, 0.5) is 17.1 Å². The number of benzene rings is 10. The molecule has 1 heteroatoms. The lowest BCUT2D eigenvalue weighted by molar-refractivity contribution is 0.794. The summed E-state index contributed by atoms with van der Waals surface area (Å²) >= 11 is 0. The molecule has 280 valence electrons. The Bertz CT molecular complexity index is 3190. The molecule has 10 aromatic rings. The van der Waals surface area contributed by atoms with Crippen LogP contribution in [0.3, 0.4) is 0 Å². The first-order chi connectivity index (χ1) is 29.8. The van der Waals surface area contributed by atoms with Crippen molar-refractivity contribution in [3.63, 3.8) is 0 Å². The van der Waals surface area contributed by atoms with E-state index in [4.69, 9.17) is 0 Å². The molecule has 0 fully saturated rings. The third-order valence-corrected chi connectivity index (χ3v) is 12.9. The van der Waals surface area contributed by atoms with Crippen molar-refractivity contribution >= 4 is 27.8 Å². The first-order valence-electron chi connectivity index (χ1n) is 20.8. The highest BCUT2D eigenvalue weighted by Gasteiger charge is 2.52. The Kier molecular flexibility index (Phi) is 7.83. The highest BCUT2D eigenvalue weighted by molar-refractivity contribution is 6.01. The summed E-state index contributed by atoms with van der Waals surface area (Å²) in [4.78, 5) is 2.47. The summed E-state index contributed by atoms with van der Waals surface area (Å²) in [6.45, 7) is 0. The maximum Gasteiger partial charge on any atom is 0.0726 e. The molecule has 0 aliphatic heterocycles. The zero-order valence-corrected chi connectivity index (χ0v) is 33.0. The number of fused-ring (bicyclic) bond motifs is 11. The van der Waals surface area contributed by atoms with Gasteiger partial charge in [-0.1, -0.05) is 200 Å². The Morgan fingerprint density at radius 2 is 0.683 bits per heavy atom. The largest absolute Gasteiger partial charge is 0.310 e. The fraction of sp³-hybridized carbons (Fsp3) is 0.0169. The lowest BCUT2D eigenvalue weighted by atomic mass is 9.70. The number of rotatable bonds is 6. The van der Waals surface area contributed by atoms with Crippen LogP contribution in [0.2, 0.25) is 0 Å². The monoisotopic (exact) mass is 761 g/mol. The van der Waals surface area contributed by atoms with Gasteiger partial charge in [-0.2, -0.15) is 0 Å². The van der Waals surface area contributed by atoms with Crippen LogP contribution in [0.1, 0.15) is 22.3 Å². The van der Waals surface area contributed by atoms with E-state index >= 15 is 0 Å². The zero-order chi connectivity index (χ0) is 39.6. The molecule has 1 spiro atoms. The van der Waals surface area contributed by atoms with Crippen LogP contribution in [0.25, 0.3) is 66.4 Å². The van der Waals surface area contributed by atoms with E-state index in [0.717, 1.165) is 17.1 Å². The molecule has 1 nitrogen and oxygen atoms in total. The van der Waals surface area contributed by atoms with E-state index in [2.05, 4.69) is 241 Å². The molecule has 0 saturated carbocycles. The molecule has 0 unspecified atom stereocenters. The maximum absolute atomic E-state index is 2.47. The van der Waals surface area contributed by atoms with Gasteiger partial charge in [0.25, 0.3) is 0 Å². The van der Waals surface area contributed by atoms with Gasteiger partial charge in [0.15, 0.2) is 0 Å². The predicted molar refractivity (Wildman–Crippen MR) is 251 cm³/mol. The molecule has 0 heterocycles. The zero-order valence-electron chi connectivity index (χ0n) is 33.0. The van der Waals surface area contributed by atoms with Crippen LogP contribution in [-0.2, 0) is 5.41 Å². The predicted octanol–water partition coefficient (Wildman–Crippen LogP) is 15.7. The van der Waals surface area contributed by atoms with Crippen molar-refractivity contribution in [2.75, 3.05) is 4.90 Å². The fourth-order valence-electron chi connectivity index (χ4n) is 10.2. The van der Waals surface area contributed by atoms with Crippen molar-refractivity contribution in [3.05, 3.63) is 259 Å². The molecule has 0 bridgehead atoms. The van der Waals surface area contributed by atoms with Crippen molar-refractivity contribution in [2.24, 2.45) is 0 Å². The molecule has 0 radical (unpaired) electrons. The number of hydrogen-bond acceptors (Lipinski definition) is 1. The molecule has 0 N–H and O–H groups in total. The van der Waals surface area contributed by atoms with Gasteiger partial charge < -0.3 is 4.90 Å². The highest BCUT2D eigenvalue weighted by Crippen LogP contribution is 2.64. The number of anilines is 3. The summed E-state index contributed by atoms with van der Waals surface area (Å²) in [6, 6.07) is 87.2. The summed E-state index contributed by atoms with van der Waals surface area (Å²) in [5.74, 6) is 0. The van der Waals surface area contributed by atoms with E-state index in [9.17, 15) is 0 Å². The van der Waals surface area contributed by atoms with Crippen molar-refractivity contribution < 1.29 is 0 Å². The Hall–Kier alpha value is -7.74. The molecule has 2 aliphatic rings. The number of hydrogen-bond donors (Lipinski definition) is 0. The summed E-state index contributed by atoms with van der Waals surface area (Å²) in [7, 11) is 0. The van der Waals surface area contributed by atoms with Crippen molar-refractivity contribution in [1.82, 2.24) is 0 Å². The average Bonchev–Trinajstić information content (AvgIpc) is 3.80. The Labute approximate surface area is 351 Å².